The fourth-order valence-electron chi connectivity index (χ4n) is 0. The minimum atomic E-state index is -1.50. The van der Waals surface area contributed by atoms with E-state index in [4.69, 9.17) is 15.3 Å². The van der Waals surface area contributed by atoms with Gasteiger partial charge in [-0.3, -0.25) is 0 Å². The van der Waals surface area contributed by atoms with Gasteiger partial charge in [0.1, 0.15) is 0 Å². The summed E-state index contributed by atoms with van der Waals surface area (Å²) in [6.07, 6.45) is 4.60. The fraction of sp³-hybridized carbons (Fsp3) is 0.333. The van der Waals surface area contributed by atoms with E-state index >= 15 is 0 Å². The van der Waals surface area contributed by atoms with Crippen molar-refractivity contribution in [1.29, 1.82) is 0 Å². The molecule has 40 valence electrons. The van der Waals surface area contributed by atoms with Gasteiger partial charge in [-0.15, -0.1) is 22.5 Å². The number of rotatable bonds is 0. The highest BCUT2D eigenvalue weighted by atomic mass is 16.9. The van der Waals surface area contributed by atoms with Crippen LogP contribution < -0.4 is 0 Å². The molecule has 0 aliphatic heterocycles. The van der Waals surface area contributed by atoms with Crippen molar-refractivity contribution in [3.8, 4) is 12.3 Å². The first-order valence-corrected chi connectivity index (χ1v) is 1.35. The summed E-state index contributed by atoms with van der Waals surface area (Å²) in [7, 11) is 0. The van der Waals surface area contributed by atoms with Gasteiger partial charge in [-0.2, -0.15) is 0 Å². The monoisotopic (exact) mass is 103 g/mol. The highest BCUT2D eigenvalue weighted by Gasteiger charge is 1.65. The number of nitrogens with zero attached hydrogens (tertiary/aromatic N) is 1. The lowest BCUT2D eigenvalue weighted by molar-refractivity contribution is -0.742. The zero-order chi connectivity index (χ0) is 6.28. The maximum Gasteiger partial charge on any atom is 0.291 e. The van der Waals surface area contributed by atoms with E-state index in [1.165, 1.54) is 0 Å². The van der Waals surface area contributed by atoms with Gasteiger partial charge in [0.15, 0.2) is 0 Å². The molecule has 0 saturated carbocycles. The molecule has 0 aliphatic carbocycles. The smallest absolute Gasteiger partial charge is 0.291 e. The molecule has 7 heavy (non-hydrogen) atoms. The molecule has 0 unspecified atom stereocenters. The van der Waals surface area contributed by atoms with Gasteiger partial charge in [-0.05, 0) is 6.92 Å². The van der Waals surface area contributed by atoms with Crippen LogP contribution in [-0.4, -0.2) is 10.3 Å². The average Bonchev–Trinajstić information content (AvgIpc) is 1.33. The van der Waals surface area contributed by atoms with Crippen LogP contribution in [0.1, 0.15) is 6.92 Å². The van der Waals surface area contributed by atoms with Crippen molar-refractivity contribution in [3.63, 3.8) is 0 Å². The normalized spacial score (nSPS) is 4.57. The highest BCUT2D eigenvalue weighted by molar-refractivity contribution is 4.73. The first-order chi connectivity index (χ1) is 3.15. The molecule has 0 bridgehead atoms. The van der Waals surface area contributed by atoms with Gasteiger partial charge in [0.25, 0.3) is 5.09 Å². The second kappa shape index (κ2) is 8.83. The summed E-state index contributed by atoms with van der Waals surface area (Å²) in [6, 6.07) is 0. The molecule has 0 rings (SSSR count). The molecule has 0 aliphatic rings. The van der Waals surface area contributed by atoms with Gasteiger partial charge >= 0.3 is 0 Å². The Morgan fingerprint density at radius 1 is 2.00 bits per heavy atom. The molecule has 0 spiro atoms. The summed E-state index contributed by atoms with van der Waals surface area (Å²) < 4.78 is 0. The Hall–Kier alpha value is -1.24. The lowest BCUT2D eigenvalue weighted by Crippen LogP contribution is -1.81. The van der Waals surface area contributed by atoms with Crippen molar-refractivity contribution in [1.82, 2.24) is 0 Å². The molecule has 1 N–H and O–H groups in total. The van der Waals surface area contributed by atoms with Crippen LogP contribution in [0, 0.1) is 22.5 Å². The molecule has 0 aromatic heterocycles. The van der Waals surface area contributed by atoms with Crippen LogP contribution in [0.2, 0.25) is 0 Å². The van der Waals surface area contributed by atoms with E-state index in [2.05, 4.69) is 12.3 Å². The Bertz CT molecular complexity index is 78.7. The van der Waals surface area contributed by atoms with E-state index in [0.717, 1.165) is 0 Å². The molecule has 0 atom stereocenters. The van der Waals surface area contributed by atoms with Gasteiger partial charge < -0.3 is 5.21 Å². The van der Waals surface area contributed by atoms with Gasteiger partial charge in [-0.25, -0.2) is 0 Å². The third-order valence-corrected chi connectivity index (χ3v) is 0. The van der Waals surface area contributed by atoms with E-state index in [0.29, 0.717) is 0 Å². The molecular formula is C3H5NO3. The van der Waals surface area contributed by atoms with Crippen molar-refractivity contribution in [2.45, 2.75) is 6.92 Å². The summed E-state index contributed by atoms with van der Waals surface area (Å²) in [6.45, 7) is 1.65. The number of hydrogen-bond acceptors (Lipinski definition) is 2. The Morgan fingerprint density at radius 2 is 2.00 bits per heavy atom. The van der Waals surface area contributed by atoms with Gasteiger partial charge in [-0.1, -0.05) is 0 Å². The Labute approximate surface area is 40.9 Å². The second-order valence-corrected chi connectivity index (χ2v) is 0.527. The Morgan fingerprint density at radius 3 is 2.00 bits per heavy atom. The highest BCUT2D eigenvalue weighted by Crippen LogP contribution is 1.38. The van der Waals surface area contributed by atoms with Crippen LogP contribution >= 0.6 is 0 Å². The summed E-state index contributed by atoms with van der Waals surface area (Å²) in [5.41, 5.74) is 0. The average molecular weight is 103 g/mol. The number of terminal acetylenes is 1. The van der Waals surface area contributed by atoms with Crippen LogP contribution in [-0.2, 0) is 0 Å². The topological polar surface area (TPSA) is 63.4 Å². The summed E-state index contributed by atoms with van der Waals surface area (Å²) in [5.74, 6) is 2.25. The first-order valence-electron chi connectivity index (χ1n) is 1.35. The lowest BCUT2D eigenvalue weighted by Gasteiger charge is -1.56. The van der Waals surface area contributed by atoms with E-state index < -0.39 is 5.09 Å². The minimum absolute atomic E-state index is 1.50. The molecular weight excluding hydrogens is 98.0 g/mol. The van der Waals surface area contributed by atoms with E-state index in [9.17, 15) is 0 Å². The van der Waals surface area contributed by atoms with Crippen molar-refractivity contribution >= 4 is 0 Å². The van der Waals surface area contributed by atoms with Crippen LogP contribution in [0.4, 0.5) is 0 Å². The molecule has 0 radical (unpaired) electrons. The van der Waals surface area contributed by atoms with E-state index in [-0.39, 0.29) is 0 Å². The predicted octanol–water partition coefficient (Wildman–Crippen LogP) is 0.292. The van der Waals surface area contributed by atoms with Crippen molar-refractivity contribution < 1.29 is 10.3 Å². The van der Waals surface area contributed by atoms with Gasteiger partial charge in [0, 0.05) is 0 Å². The predicted molar refractivity (Wildman–Crippen MR) is 23.3 cm³/mol. The number of hydrogen-bond donors (Lipinski definition) is 1. The van der Waals surface area contributed by atoms with Crippen LogP contribution in [0.15, 0.2) is 0 Å². The minimum Gasteiger partial charge on any atom is -0.328 e. The molecule has 0 amide bonds. The maximum atomic E-state index is 8.36. The first kappa shape index (κ1) is 9.23. The standard InChI is InChI=1S/C3H4.HNO3/c1-3-2;2-1(3)4/h1H,2H3;(H,2,3,4). The SMILES string of the molecule is C#CC.O=[N+]([O-])O. The largest absolute Gasteiger partial charge is 0.328 e. The molecule has 4 heteroatoms. The second-order valence-electron chi connectivity index (χ2n) is 0.527. The summed E-state index contributed by atoms with van der Waals surface area (Å²) in [4.78, 5) is 8.36. The van der Waals surface area contributed by atoms with E-state index in [1.807, 2.05) is 0 Å². The molecule has 4 nitrogen and oxygen atoms in total. The van der Waals surface area contributed by atoms with Crippen molar-refractivity contribution in [2.24, 2.45) is 0 Å². The van der Waals surface area contributed by atoms with E-state index in [1.54, 1.807) is 6.92 Å². The maximum absolute atomic E-state index is 8.36. The summed E-state index contributed by atoms with van der Waals surface area (Å²) in [5, 5.41) is 13.6. The molecule has 0 saturated heterocycles. The Kier molecular flexibility index (Phi) is 11.7. The zero-order valence-corrected chi connectivity index (χ0v) is 3.79. The molecule has 0 fully saturated rings. The molecule has 0 heterocycles. The van der Waals surface area contributed by atoms with Crippen molar-refractivity contribution in [3.05, 3.63) is 10.1 Å². The van der Waals surface area contributed by atoms with Crippen LogP contribution in [0.25, 0.3) is 0 Å². The third-order valence-electron chi connectivity index (χ3n) is 0. The lowest BCUT2D eigenvalue weighted by atomic mass is 10.9. The van der Waals surface area contributed by atoms with Crippen molar-refractivity contribution in [2.75, 3.05) is 0 Å². The quantitative estimate of drug-likeness (QED) is 0.272. The Balaban J connectivity index is 0. The molecule has 0 aromatic carbocycles. The van der Waals surface area contributed by atoms with Crippen LogP contribution in [0.5, 0.6) is 0 Å². The molecule has 0 aromatic rings. The fourth-order valence-corrected chi connectivity index (χ4v) is 0. The zero-order valence-electron chi connectivity index (χ0n) is 3.79. The van der Waals surface area contributed by atoms with Gasteiger partial charge in [0.05, 0.1) is 0 Å². The van der Waals surface area contributed by atoms with Gasteiger partial charge in [0.2, 0.25) is 0 Å². The van der Waals surface area contributed by atoms with Crippen LogP contribution in [0.3, 0.4) is 0 Å². The third kappa shape index (κ3) is 23.6. The summed E-state index contributed by atoms with van der Waals surface area (Å²) >= 11 is 0.